The highest BCUT2D eigenvalue weighted by molar-refractivity contribution is 9.10. The number of pyridine rings is 1. The zero-order valence-electron chi connectivity index (χ0n) is 8.21. The lowest BCUT2D eigenvalue weighted by Crippen LogP contribution is -2.03. The fourth-order valence-electron chi connectivity index (χ4n) is 1.21. The van der Waals surface area contributed by atoms with Gasteiger partial charge < -0.3 is 11.1 Å². The van der Waals surface area contributed by atoms with Crippen molar-refractivity contribution in [2.45, 2.75) is 6.54 Å². The number of hydrogen-bond donors (Lipinski definition) is 2. The average molecular weight is 319 g/mol. The highest BCUT2D eigenvalue weighted by atomic mass is 79.9. The second kappa shape index (κ2) is 5.03. The van der Waals surface area contributed by atoms with E-state index in [9.17, 15) is 0 Å². The average Bonchev–Trinajstić information content (AvgIpc) is 2.66. The van der Waals surface area contributed by atoms with E-state index in [1.54, 1.807) is 23.5 Å². The van der Waals surface area contributed by atoms with E-state index in [1.165, 1.54) is 4.88 Å². The largest absolute Gasteiger partial charge is 0.396 e. The molecule has 0 amide bonds. The molecular weight excluding hydrogens is 310 g/mol. The monoisotopic (exact) mass is 317 g/mol. The summed E-state index contributed by atoms with van der Waals surface area (Å²) in [6.07, 6.45) is 0. The Morgan fingerprint density at radius 2 is 2.31 bits per heavy atom. The number of nitrogens with two attached hydrogens (primary N) is 1. The van der Waals surface area contributed by atoms with Gasteiger partial charge in [-0.3, -0.25) is 0 Å². The Hall–Kier alpha value is -0.780. The summed E-state index contributed by atoms with van der Waals surface area (Å²) in [5.41, 5.74) is 6.37. The zero-order valence-corrected chi connectivity index (χ0v) is 11.4. The molecule has 0 saturated carbocycles. The minimum atomic E-state index is 0.434. The van der Waals surface area contributed by atoms with Gasteiger partial charge in [0.1, 0.15) is 5.15 Å². The van der Waals surface area contributed by atoms with Crippen molar-refractivity contribution in [2.24, 2.45) is 0 Å². The van der Waals surface area contributed by atoms with Crippen LogP contribution in [0.25, 0.3) is 0 Å². The van der Waals surface area contributed by atoms with Gasteiger partial charge in [-0.15, -0.1) is 11.3 Å². The Bertz CT molecular complexity index is 501. The van der Waals surface area contributed by atoms with E-state index >= 15 is 0 Å². The lowest BCUT2D eigenvalue weighted by molar-refractivity contribution is 1.14. The second-order valence-corrected chi connectivity index (χ2v) is 5.46. The molecule has 0 unspecified atom stereocenters. The first-order valence-corrected chi connectivity index (χ1v) is 6.59. The first-order chi connectivity index (χ1) is 7.65. The van der Waals surface area contributed by atoms with Gasteiger partial charge in [0.15, 0.2) is 5.82 Å². The molecule has 0 spiro atoms. The van der Waals surface area contributed by atoms with Gasteiger partial charge in [-0.1, -0.05) is 11.6 Å². The summed E-state index contributed by atoms with van der Waals surface area (Å²) in [6, 6.07) is 5.46. The quantitative estimate of drug-likeness (QED) is 0.847. The van der Waals surface area contributed by atoms with E-state index in [0.717, 1.165) is 4.47 Å². The van der Waals surface area contributed by atoms with Crippen LogP contribution in [0.4, 0.5) is 11.5 Å². The number of halogens is 2. The third-order valence-electron chi connectivity index (χ3n) is 1.94. The lowest BCUT2D eigenvalue weighted by atomic mass is 10.4. The van der Waals surface area contributed by atoms with Crippen molar-refractivity contribution < 1.29 is 0 Å². The maximum Gasteiger partial charge on any atom is 0.151 e. The maximum atomic E-state index is 5.79. The van der Waals surface area contributed by atoms with Crippen LogP contribution in [0.1, 0.15) is 4.88 Å². The standard InChI is InChI=1S/C10H9BrClN3S/c11-6-3-7(16-5-6)4-14-10-8(13)1-2-9(12)15-10/h1-3,5H,4,13H2,(H,14,15). The van der Waals surface area contributed by atoms with Gasteiger partial charge in [-0.25, -0.2) is 4.98 Å². The third-order valence-corrected chi connectivity index (χ3v) is 3.85. The van der Waals surface area contributed by atoms with Crippen molar-refractivity contribution in [1.29, 1.82) is 0 Å². The summed E-state index contributed by atoms with van der Waals surface area (Å²) < 4.78 is 1.08. The fourth-order valence-corrected chi connectivity index (χ4v) is 2.74. The molecule has 0 aliphatic rings. The van der Waals surface area contributed by atoms with Gasteiger partial charge in [0.25, 0.3) is 0 Å². The van der Waals surface area contributed by atoms with E-state index in [1.807, 2.05) is 5.38 Å². The van der Waals surface area contributed by atoms with Gasteiger partial charge in [-0.2, -0.15) is 0 Å². The molecule has 16 heavy (non-hydrogen) atoms. The molecule has 3 N–H and O–H groups in total. The fraction of sp³-hybridized carbons (Fsp3) is 0.100. The normalized spacial score (nSPS) is 10.4. The van der Waals surface area contributed by atoms with Crippen LogP contribution in [0.3, 0.4) is 0 Å². The van der Waals surface area contributed by atoms with Crippen LogP contribution in [0.5, 0.6) is 0 Å². The topological polar surface area (TPSA) is 50.9 Å². The maximum absolute atomic E-state index is 5.79. The van der Waals surface area contributed by atoms with Crippen LogP contribution in [0.15, 0.2) is 28.1 Å². The molecule has 84 valence electrons. The molecule has 0 aliphatic carbocycles. The molecule has 3 nitrogen and oxygen atoms in total. The minimum absolute atomic E-state index is 0.434. The molecule has 0 aliphatic heterocycles. The molecule has 0 saturated heterocycles. The number of nitrogens with zero attached hydrogens (tertiary/aromatic N) is 1. The van der Waals surface area contributed by atoms with Crippen molar-refractivity contribution in [3.8, 4) is 0 Å². The molecule has 2 aromatic heterocycles. The Morgan fingerprint density at radius 1 is 1.50 bits per heavy atom. The molecule has 0 bridgehead atoms. The molecule has 2 aromatic rings. The summed E-state index contributed by atoms with van der Waals surface area (Å²) in [5.74, 6) is 0.622. The summed E-state index contributed by atoms with van der Waals surface area (Å²) in [7, 11) is 0. The van der Waals surface area contributed by atoms with Crippen molar-refractivity contribution in [2.75, 3.05) is 11.1 Å². The first kappa shape index (κ1) is 11.7. The number of nitrogens with one attached hydrogen (secondary N) is 1. The van der Waals surface area contributed by atoms with Crippen molar-refractivity contribution in [3.63, 3.8) is 0 Å². The number of anilines is 2. The Morgan fingerprint density at radius 3 is 3.00 bits per heavy atom. The van der Waals surface area contributed by atoms with Gasteiger partial charge in [-0.05, 0) is 34.1 Å². The molecular formula is C10H9BrClN3S. The zero-order chi connectivity index (χ0) is 11.5. The van der Waals surface area contributed by atoms with E-state index in [2.05, 4.69) is 32.3 Å². The molecule has 6 heteroatoms. The number of hydrogen-bond acceptors (Lipinski definition) is 4. The number of thiophene rings is 1. The van der Waals surface area contributed by atoms with Crippen LogP contribution in [0, 0.1) is 0 Å². The molecule has 0 aromatic carbocycles. The summed E-state index contributed by atoms with van der Waals surface area (Å²) >= 11 is 10.9. The Balaban J connectivity index is 2.07. The van der Waals surface area contributed by atoms with E-state index in [0.29, 0.717) is 23.2 Å². The van der Waals surface area contributed by atoms with Crippen molar-refractivity contribution >= 4 is 50.4 Å². The van der Waals surface area contributed by atoms with Gasteiger partial charge >= 0.3 is 0 Å². The molecule has 2 heterocycles. The number of aromatic nitrogens is 1. The summed E-state index contributed by atoms with van der Waals surface area (Å²) in [4.78, 5) is 5.32. The molecule has 2 rings (SSSR count). The van der Waals surface area contributed by atoms with Crippen LogP contribution < -0.4 is 11.1 Å². The molecule has 0 radical (unpaired) electrons. The van der Waals surface area contributed by atoms with Crippen LogP contribution in [-0.2, 0) is 6.54 Å². The number of nitrogen functional groups attached to an aromatic ring is 1. The first-order valence-electron chi connectivity index (χ1n) is 4.54. The van der Waals surface area contributed by atoms with E-state index in [-0.39, 0.29) is 0 Å². The molecule has 0 fully saturated rings. The Labute approximate surface area is 111 Å². The Kier molecular flexibility index (Phi) is 3.68. The van der Waals surface area contributed by atoms with Crippen molar-refractivity contribution in [3.05, 3.63) is 38.1 Å². The SMILES string of the molecule is Nc1ccc(Cl)nc1NCc1cc(Br)cs1. The highest BCUT2D eigenvalue weighted by Crippen LogP contribution is 2.23. The highest BCUT2D eigenvalue weighted by Gasteiger charge is 2.03. The van der Waals surface area contributed by atoms with Gasteiger partial charge in [0.2, 0.25) is 0 Å². The van der Waals surface area contributed by atoms with Crippen LogP contribution in [0.2, 0.25) is 5.15 Å². The second-order valence-electron chi connectivity index (χ2n) is 3.16. The lowest BCUT2D eigenvalue weighted by Gasteiger charge is -2.06. The van der Waals surface area contributed by atoms with E-state index < -0.39 is 0 Å². The summed E-state index contributed by atoms with van der Waals surface area (Å²) in [6.45, 7) is 0.688. The number of rotatable bonds is 3. The summed E-state index contributed by atoms with van der Waals surface area (Å²) in [5, 5.41) is 5.62. The smallest absolute Gasteiger partial charge is 0.151 e. The predicted octanol–water partition coefficient (Wildman–Crippen LogP) is 3.75. The van der Waals surface area contributed by atoms with E-state index in [4.69, 9.17) is 17.3 Å². The third kappa shape index (κ3) is 2.87. The minimum Gasteiger partial charge on any atom is -0.396 e. The van der Waals surface area contributed by atoms with Crippen LogP contribution >= 0.6 is 38.9 Å². The predicted molar refractivity (Wildman–Crippen MR) is 73.0 cm³/mol. The molecule has 0 atom stereocenters. The van der Waals surface area contributed by atoms with Gasteiger partial charge in [0.05, 0.1) is 12.2 Å². The van der Waals surface area contributed by atoms with Gasteiger partial charge in [0, 0.05) is 14.7 Å². The van der Waals surface area contributed by atoms with Crippen LogP contribution in [-0.4, -0.2) is 4.98 Å². The van der Waals surface area contributed by atoms with Crippen molar-refractivity contribution in [1.82, 2.24) is 4.98 Å².